The van der Waals surface area contributed by atoms with Gasteiger partial charge in [-0.25, -0.2) is 15.0 Å². The SMILES string of the molecule is Cc1nc(NC(=O)c2cccnc2OC(C)C)cc(C2CC2)n1. The fourth-order valence-corrected chi connectivity index (χ4v) is 2.31. The van der Waals surface area contributed by atoms with Gasteiger partial charge in [-0.2, -0.15) is 0 Å². The first-order valence-corrected chi connectivity index (χ1v) is 7.81. The van der Waals surface area contributed by atoms with Crippen molar-refractivity contribution in [3.8, 4) is 5.88 Å². The van der Waals surface area contributed by atoms with Crippen LogP contribution >= 0.6 is 0 Å². The van der Waals surface area contributed by atoms with Crippen LogP contribution in [0, 0.1) is 6.92 Å². The Bertz CT molecular complexity index is 726. The average Bonchev–Trinajstić information content (AvgIpc) is 3.31. The van der Waals surface area contributed by atoms with Crippen LogP contribution in [0.2, 0.25) is 0 Å². The number of nitrogens with zero attached hydrogens (tertiary/aromatic N) is 3. The van der Waals surface area contributed by atoms with Gasteiger partial charge in [0, 0.05) is 23.9 Å². The maximum absolute atomic E-state index is 12.5. The smallest absolute Gasteiger partial charge is 0.262 e. The molecule has 1 amide bonds. The summed E-state index contributed by atoms with van der Waals surface area (Å²) in [5.74, 6) is 1.73. The molecule has 0 saturated heterocycles. The Hall–Kier alpha value is -2.50. The van der Waals surface area contributed by atoms with Crippen molar-refractivity contribution in [1.29, 1.82) is 0 Å². The maximum Gasteiger partial charge on any atom is 0.262 e. The molecule has 2 aromatic heterocycles. The third-order valence-electron chi connectivity index (χ3n) is 3.46. The summed E-state index contributed by atoms with van der Waals surface area (Å²) in [6, 6.07) is 5.25. The highest BCUT2D eigenvalue weighted by Crippen LogP contribution is 2.39. The summed E-state index contributed by atoms with van der Waals surface area (Å²) < 4.78 is 5.60. The number of hydrogen-bond donors (Lipinski definition) is 1. The molecule has 2 heterocycles. The number of carbonyl (C=O) groups is 1. The number of rotatable bonds is 5. The van der Waals surface area contributed by atoms with E-state index in [2.05, 4.69) is 20.3 Å². The first kappa shape index (κ1) is 15.4. The number of anilines is 1. The molecule has 2 aromatic rings. The molecule has 6 nitrogen and oxygen atoms in total. The molecule has 0 aliphatic heterocycles. The van der Waals surface area contributed by atoms with Gasteiger partial charge in [0.25, 0.3) is 5.91 Å². The van der Waals surface area contributed by atoms with Crippen LogP contribution in [-0.2, 0) is 0 Å². The lowest BCUT2D eigenvalue weighted by atomic mass is 10.2. The van der Waals surface area contributed by atoms with E-state index in [1.165, 1.54) is 0 Å². The third-order valence-corrected chi connectivity index (χ3v) is 3.46. The van der Waals surface area contributed by atoms with E-state index in [9.17, 15) is 4.79 Å². The predicted molar refractivity (Wildman–Crippen MR) is 86.7 cm³/mol. The van der Waals surface area contributed by atoms with Crippen molar-refractivity contribution in [2.45, 2.75) is 45.6 Å². The Balaban J connectivity index is 1.82. The van der Waals surface area contributed by atoms with Crippen molar-refractivity contribution >= 4 is 11.7 Å². The zero-order valence-corrected chi connectivity index (χ0v) is 13.5. The van der Waals surface area contributed by atoms with Gasteiger partial charge in [0.05, 0.1) is 6.10 Å². The highest BCUT2D eigenvalue weighted by Gasteiger charge is 2.26. The van der Waals surface area contributed by atoms with E-state index in [1.807, 2.05) is 26.8 Å². The quantitative estimate of drug-likeness (QED) is 0.918. The number of aryl methyl sites for hydroxylation is 1. The van der Waals surface area contributed by atoms with Gasteiger partial charge in [-0.1, -0.05) is 0 Å². The summed E-state index contributed by atoms with van der Waals surface area (Å²) in [6.45, 7) is 5.62. The van der Waals surface area contributed by atoms with Crippen LogP contribution in [0.25, 0.3) is 0 Å². The van der Waals surface area contributed by atoms with Crippen LogP contribution in [0.1, 0.15) is 54.5 Å². The molecule has 1 aliphatic rings. The van der Waals surface area contributed by atoms with Crippen molar-refractivity contribution in [3.63, 3.8) is 0 Å². The van der Waals surface area contributed by atoms with E-state index in [0.717, 1.165) is 18.5 Å². The Labute approximate surface area is 135 Å². The van der Waals surface area contributed by atoms with E-state index in [4.69, 9.17) is 4.74 Å². The molecule has 1 saturated carbocycles. The van der Waals surface area contributed by atoms with Gasteiger partial charge in [-0.05, 0) is 45.7 Å². The van der Waals surface area contributed by atoms with Gasteiger partial charge in [-0.15, -0.1) is 0 Å². The first-order valence-electron chi connectivity index (χ1n) is 7.81. The summed E-state index contributed by atoms with van der Waals surface area (Å²) in [7, 11) is 0. The molecule has 0 bridgehead atoms. The summed E-state index contributed by atoms with van der Waals surface area (Å²) in [5.41, 5.74) is 1.39. The largest absolute Gasteiger partial charge is 0.474 e. The summed E-state index contributed by atoms with van der Waals surface area (Å²) in [4.78, 5) is 25.4. The number of aromatic nitrogens is 3. The fraction of sp³-hybridized carbons (Fsp3) is 0.412. The third kappa shape index (κ3) is 3.83. The zero-order chi connectivity index (χ0) is 16.4. The summed E-state index contributed by atoms with van der Waals surface area (Å²) in [5, 5.41) is 2.83. The molecule has 1 N–H and O–H groups in total. The molecule has 6 heteroatoms. The molecule has 1 aliphatic carbocycles. The molecule has 0 spiro atoms. The minimum absolute atomic E-state index is 0.0563. The second-order valence-electron chi connectivity index (χ2n) is 5.98. The van der Waals surface area contributed by atoms with Gasteiger partial charge < -0.3 is 10.1 Å². The molecule has 0 radical (unpaired) electrons. The standard InChI is InChI=1S/C17H20N4O2/c1-10(2)23-17-13(5-4-8-18-17)16(22)21-15-9-14(12-6-7-12)19-11(3)20-15/h4-5,8-10,12H,6-7H2,1-3H3,(H,19,20,21,22). The molecule has 3 rings (SSSR count). The Morgan fingerprint density at radius 2 is 2.13 bits per heavy atom. The van der Waals surface area contributed by atoms with Crippen LogP contribution in [0.15, 0.2) is 24.4 Å². The highest BCUT2D eigenvalue weighted by atomic mass is 16.5. The number of hydrogen-bond acceptors (Lipinski definition) is 5. The van der Waals surface area contributed by atoms with E-state index < -0.39 is 0 Å². The lowest BCUT2D eigenvalue weighted by Crippen LogP contribution is -2.17. The molecular formula is C17H20N4O2. The van der Waals surface area contributed by atoms with E-state index in [0.29, 0.717) is 29.0 Å². The van der Waals surface area contributed by atoms with Crippen molar-refractivity contribution in [3.05, 3.63) is 41.5 Å². The molecular weight excluding hydrogens is 292 g/mol. The molecule has 1 fully saturated rings. The van der Waals surface area contributed by atoms with Crippen LogP contribution in [-0.4, -0.2) is 27.0 Å². The highest BCUT2D eigenvalue weighted by molar-refractivity contribution is 6.05. The van der Waals surface area contributed by atoms with Gasteiger partial charge in [0.15, 0.2) is 0 Å². The summed E-state index contributed by atoms with van der Waals surface area (Å²) in [6.07, 6.45) is 3.85. The molecule has 120 valence electrons. The Kier molecular flexibility index (Phi) is 4.23. The van der Waals surface area contributed by atoms with Crippen molar-refractivity contribution < 1.29 is 9.53 Å². The number of ether oxygens (including phenoxy) is 1. The number of amides is 1. The van der Waals surface area contributed by atoms with E-state index in [1.54, 1.807) is 18.3 Å². The van der Waals surface area contributed by atoms with Gasteiger partial charge in [0.2, 0.25) is 5.88 Å². The van der Waals surface area contributed by atoms with Crippen LogP contribution in [0.3, 0.4) is 0 Å². The lowest BCUT2D eigenvalue weighted by molar-refractivity contribution is 0.101. The monoisotopic (exact) mass is 312 g/mol. The summed E-state index contributed by atoms with van der Waals surface area (Å²) >= 11 is 0. The topological polar surface area (TPSA) is 77.0 Å². The predicted octanol–water partition coefficient (Wildman–Crippen LogP) is 3.10. The lowest BCUT2D eigenvalue weighted by Gasteiger charge is -2.13. The van der Waals surface area contributed by atoms with Gasteiger partial charge in [0.1, 0.15) is 17.2 Å². The van der Waals surface area contributed by atoms with E-state index >= 15 is 0 Å². The van der Waals surface area contributed by atoms with Gasteiger partial charge >= 0.3 is 0 Å². The normalized spacial score (nSPS) is 13.9. The van der Waals surface area contributed by atoms with Crippen LogP contribution in [0.5, 0.6) is 5.88 Å². The minimum atomic E-state index is -0.284. The first-order chi connectivity index (χ1) is 11.0. The second-order valence-corrected chi connectivity index (χ2v) is 5.98. The number of carbonyl (C=O) groups excluding carboxylic acids is 1. The Morgan fingerprint density at radius 3 is 2.83 bits per heavy atom. The molecule has 0 atom stereocenters. The molecule has 23 heavy (non-hydrogen) atoms. The van der Waals surface area contributed by atoms with Crippen molar-refractivity contribution in [2.75, 3.05) is 5.32 Å². The minimum Gasteiger partial charge on any atom is -0.474 e. The zero-order valence-electron chi connectivity index (χ0n) is 13.5. The second kappa shape index (κ2) is 6.32. The van der Waals surface area contributed by atoms with Crippen LogP contribution < -0.4 is 10.1 Å². The number of pyridine rings is 1. The van der Waals surface area contributed by atoms with Crippen molar-refractivity contribution in [1.82, 2.24) is 15.0 Å². The number of nitrogens with one attached hydrogen (secondary N) is 1. The van der Waals surface area contributed by atoms with Crippen LogP contribution in [0.4, 0.5) is 5.82 Å². The van der Waals surface area contributed by atoms with Crippen molar-refractivity contribution in [2.24, 2.45) is 0 Å². The molecule has 0 aromatic carbocycles. The fourth-order valence-electron chi connectivity index (χ4n) is 2.31. The maximum atomic E-state index is 12.5. The Morgan fingerprint density at radius 1 is 1.35 bits per heavy atom. The van der Waals surface area contributed by atoms with E-state index in [-0.39, 0.29) is 12.0 Å². The van der Waals surface area contributed by atoms with Gasteiger partial charge in [-0.3, -0.25) is 4.79 Å². The average molecular weight is 312 g/mol. The molecule has 0 unspecified atom stereocenters.